The van der Waals surface area contributed by atoms with Gasteiger partial charge in [-0.3, -0.25) is 15.1 Å². The minimum Gasteiger partial charge on any atom is -0.341 e. The van der Waals surface area contributed by atoms with Crippen LogP contribution in [-0.2, 0) is 4.79 Å². The van der Waals surface area contributed by atoms with E-state index in [2.05, 4.69) is 17.2 Å². The standard InChI is InChI=1S/C16H25N3O/c1-13(15-7-9-17-10-8-15)18-14(2)16(20)19-11-5-3-4-6-12-19/h7-10,13-14,18H,3-6,11-12H2,1-2H3/t13-,14?/m1/s1. The maximum atomic E-state index is 12.5. The van der Waals surface area contributed by atoms with Crippen molar-refractivity contribution in [1.29, 1.82) is 0 Å². The first kappa shape index (κ1) is 15.0. The fourth-order valence-corrected chi connectivity index (χ4v) is 2.76. The van der Waals surface area contributed by atoms with Gasteiger partial charge in [0, 0.05) is 31.5 Å². The molecule has 0 spiro atoms. The molecule has 4 heteroatoms. The fraction of sp³-hybridized carbons (Fsp3) is 0.625. The number of carbonyl (C=O) groups is 1. The lowest BCUT2D eigenvalue weighted by atomic mass is 10.1. The molecule has 2 heterocycles. The number of hydrogen-bond donors (Lipinski definition) is 1. The lowest BCUT2D eigenvalue weighted by molar-refractivity contribution is -0.133. The highest BCUT2D eigenvalue weighted by molar-refractivity contribution is 5.81. The summed E-state index contributed by atoms with van der Waals surface area (Å²) in [6.07, 6.45) is 8.35. The number of pyridine rings is 1. The number of carbonyl (C=O) groups excluding carboxylic acids is 1. The van der Waals surface area contributed by atoms with Crippen LogP contribution in [-0.4, -0.2) is 34.9 Å². The van der Waals surface area contributed by atoms with Crippen LogP contribution in [0.5, 0.6) is 0 Å². The number of hydrogen-bond acceptors (Lipinski definition) is 3. The first-order chi connectivity index (χ1) is 9.68. The van der Waals surface area contributed by atoms with Gasteiger partial charge >= 0.3 is 0 Å². The zero-order chi connectivity index (χ0) is 14.4. The number of rotatable bonds is 4. The molecule has 1 aromatic rings. The molecule has 1 aromatic heterocycles. The van der Waals surface area contributed by atoms with Gasteiger partial charge in [0.25, 0.3) is 0 Å². The Morgan fingerprint density at radius 2 is 1.75 bits per heavy atom. The average molecular weight is 275 g/mol. The fourth-order valence-electron chi connectivity index (χ4n) is 2.76. The Hall–Kier alpha value is -1.42. The van der Waals surface area contributed by atoms with E-state index in [0.717, 1.165) is 31.5 Å². The maximum absolute atomic E-state index is 12.5. The lowest BCUT2D eigenvalue weighted by Gasteiger charge is -2.26. The molecule has 0 aromatic carbocycles. The molecule has 4 nitrogen and oxygen atoms in total. The van der Waals surface area contributed by atoms with Gasteiger partial charge < -0.3 is 4.90 Å². The number of nitrogens with one attached hydrogen (secondary N) is 1. The van der Waals surface area contributed by atoms with Crippen LogP contribution in [0.3, 0.4) is 0 Å². The largest absolute Gasteiger partial charge is 0.341 e. The molecule has 1 amide bonds. The summed E-state index contributed by atoms with van der Waals surface area (Å²) in [5, 5.41) is 3.39. The summed E-state index contributed by atoms with van der Waals surface area (Å²) in [6, 6.07) is 3.99. The molecule has 1 aliphatic heterocycles. The summed E-state index contributed by atoms with van der Waals surface area (Å²) in [4.78, 5) is 18.5. The van der Waals surface area contributed by atoms with Crippen LogP contribution in [0, 0.1) is 0 Å². The van der Waals surface area contributed by atoms with Crippen LogP contribution in [0.2, 0.25) is 0 Å². The third-order valence-electron chi connectivity index (χ3n) is 3.99. The Bertz CT molecular complexity index is 413. The predicted molar refractivity (Wildman–Crippen MR) is 80.3 cm³/mol. The summed E-state index contributed by atoms with van der Waals surface area (Å²) in [5.41, 5.74) is 1.16. The Morgan fingerprint density at radius 3 is 2.35 bits per heavy atom. The molecule has 0 aliphatic carbocycles. The predicted octanol–water partition coefficient (Wildman–Crippen LogP) is 2.52. The van der Waals surface area contributed by atoms with E-state index in [1.807, 2.05) is 24.0 Å². The highest BCUT2D eigenvalue weighted by Crippen LogP contribution is 2.14. The van der Waals surface area contributed by atoms with E-state index in [1.54, 1.807) is 12.4 Å². The molecule has 20 heavy (non-hydrogen) atoms. The van der Waals surface area contributed by atoms with E-state index in [-0.39, 0.29) is 18.0 Å². The van der Waals surface area contributed by atoms with Crippen molar-refractivity contribution in [3.8, 4) is 0 Å². The van der Waals surface area contributed by atoms with Gasteiger partial charge in [0.15, 0.2) is 0 Å². The summed E-state index contributed by atoms with van der Waals surface area (Å²) < 4.78 is 0. The Kier molecular flexibility index (Phi) is 5.53. The first-order valence-corrected chi connectivity index (χ1v) is 7.63. The van der Waals surface area contributed by atoms with Gasteiger partial charge in [0.05, 0.1) is 6.04 Å². The molecular weight excluding hydrogens is 250 g/mol. The van der Waals surface area contributed by atoms with Crippen LogP contribution in [0.1, 0.15) is 51.1 Å². The molecule has 1 unspecified atom stereocenters. The number of nitrogens with zero attached hydrogens (tertiary/aromatic N) is 2. The van der Waals surface area contributed by atoms with Gasteiger partial charge in [0.1, 0.15) is 0 Å². The highest BCUT2D eigenvalue weighted by Gasteiger charge is 2.22. The number of likely N-dealkylation sites (tertiary alicyclic amines) is 1. The number of aromatic nitrogens is 1. The molecule has 1 saturated heterocycles. The van der Waals surface area contributed by atoms with Crippen molar-refractivity contribution >= 4 is 5.91 Å². The maximum Gasteiger partial charge on any atom is 0.239 e. The Morgan fingerprint density at radius 1 is 1.15 bits per heavy atom. The molecule has 1 fully saturated rings. The van der Waals surface area contributed by atoms with Crippen molar-refractivity contribution in [2.45, 2.75) is 51.6 Å². The van der Waals surface area contributed by atoms with Gasteiger partial charge in [0.2, 0.25) is 5.91 Å². The Balaban J connectivity index is 1.90. The van der Waals surface area contributed by atoms with Crippen LogP contribution < -0.4 is 5.32 Å². The van der Waals surface area contributed by atoms with Gasteiger partial charge in [-0.05, 0) is 44.4 Å². The number of amides is 1. The zero-order valence-electron chi connectivity index (χ0n) is 12.5. The van der Waals surface area contributed by atoms with E-state index in [0.29, 0.717) is 0 Å². The molecular formula is C16H25N3O. The summed E-state index contributed by atoms with van der Waals surface area (Å²) >= 11 is 0. The second-order valence-electron chi connectivity index (χ2n) is 5.63. The summed E-state index contributed by atoms with van der Waals surface area (Å²) in [6.45, 7) is 5.87. The molecule has 0 bridgehead atoms. The topological polar surface area (TPSA) is 45.2 Å². The SMILES string of the molecule is CC(N[C@H](C)c1ccncc1)C(=O)N1CCCCCC1. The molecule has 0 radical (unpaired) electrons. The van der Waals surface area contributed by atoms with E-state index >= 15 is 0 Å². The first-order valence-electron chi connectivity index (χ1n) is 7.63. The molecule has 2 atom stereocenters. The third-order valence-corrected chi connectivity index (χ3v) is 3.99. The third kappa shape index (κ3) is 4.04. The van der Waals surface area contributed by atoms with Crippen molar-refractivity contribution in [3.05, 3.63) is 30.1 Å². The quantitative estimate of drug-likeness (QED) is 0.918. The van der Waals surface area contributed by atoms with Gasteiger partial charge in [-0.1, -0.05) is 12.8 Å². The molecule has 2 rings (SSSR count). The van der Waals surface area contributed by atoms with Crippen molar-refractivity contribution in [2.24, 2.45) is 0 Å². The molecule has 0 saturated carbocycles. The average Bonchev–Trinajstić information content (AvgIpc) is 2.76. The normalized spacial score (nSPS) is 19.2. The smallest absolute Gasteiger partial charge is 0.239 e. The van der Waals surface area contributed by atoms with Crippen molar-refractivity contribution in [1.82, 2.24) is 15.2 Å². The zero-order valence-corrected chi connectivity index (χ0v) is 12.5. The van der Waals surface area contributed by atoms with E-state index in [4.69, 9.17) is 0 Å². The molecule has 1 N–H and O–H groups in total. The second kappa shape index (κ2) is 7.39. The monoisotopic (exact) mass is 275 g/mol. The van der Waals surface area contributed by atoms with Crippen molar-refractivity contribution in [2.75, 3.05) is 13.1 Å². The lowest BCUT2D eigenvalue weighted by Crippen LogP contribution is -2.45. The molecule has 1 aliphatic rings. The molecule has 110 valence electrons. The van der Waals surface area contributed by atoms with Crippen LogP contribution in [0.15, 0.2) is 24.5 Å². The summed E-state index contributed by atoms with van der Waals surface area (Å²) in [7, 11) is 0. The van der Waals surface area contributed by atoms with Gasteiger partial charge in [-0.25, -0.2) is 0 Å². The van der Waals surface area contributed by atoms with Crippen LogP contribution in [0.4, 0.5) is 0 Å². The second-order valence-corrected chi connectivity index (χ2v) is 5.63. The van der Waals surface area contributed by atoms with E-state index < -0.39 is 0 Å². The highest BCUT2D eigenvalue weighted by atomic mass is 16.2. The Labute approximate surface area is 121 Å². The summed E-state index contributed by atoms with van der Waals surface area (Å²) in [5.74, 6) is 0.229. The van der Waals surface area contributed by atoms with E-state index in [9.17, 15) is 4.79 Å². The van der Waals surface area contributed by atoms with Crippen LogP contribution >= 0.6 is 0 Å². The van der Waals surface area contributed by atoms with Crippen molar-refractivity contribution in [3.63, 3.8) is 0 Å². The van der Waals surface area contributed by atoms with Crippen LogP contribution in [0.25, 0.3) is 0 Å². The van der Waals surface area contributed by atoms with E-state index in [1.165, 1.54) is 12.8 Å². The van der Waals surface area contributed by atoms with Gasteiger partial charge in [-0.15, -0.1) is 0 Å². The minimum absolute atomic E-state index is 0.142. The van der Waals surface area contributed by atoms with Gasteiger partial charge in [-0.2, -0.15) is 0 Å². The minimum atomic E-state index is -0.142. The van der Waals surface area contributed by atoms with Crippen molar-refractivity contribution < 1.29 is 4.79 Å².